The van der Waals surface area contributed by atoms with Gasteiger partial charge in [0.2, 0.25) is 11.8 Å². The highest BCUT2D eigenvalue weighted by molar-refractivity contribution is 5.81. The van der Waals surface area contributed by atoms with E-state index in [2.05, 4.69) is 20.5 Å². The molecule has 1 atom stereocenters. The highest BCUT2D eigenvalue weighted by Crippen LogP contribution is 2.19. The molecule has 0 saturated carbocycles. The zero-order valence-electron chi connectivity index (χ0n) is 15.2. The average molecular weight is 355 g/mol. The fraction of sp³-hybridized carbons (Fsp3) is 0.474. The molecule has 138 valence electrons. The van der Waals surface area contributed by atoms with Crippen LogP contribution in [0.5, 0.6) is 0 Å². The summed E-state index contributed by atoms with van der Waals surface area (Å²) in [5, 5.41) is 9.84. The fourth-order valence-corrected chi connectivity index (χ4v) is 3.22. The second kappa shape index (κ2) is 8.12. The van der Waals surface area contributed by atoms with Gasteiger partial charge in [-0.15, -0.1) is 0 Å². The normalized spacial score (nSPS) is 16.3. The molecule has 0 bridgehead atoms. The number of likely N-dealkylation sites (tertiary alicyclic amines) is 1. The Balaban J connectivity index is 1.47. The first-order chi connectivity index (χ1) is 12.5. The first-order valence-electron chi connectivity index (χ1n) is 9.04. The molecule has 1 aromatic heterocycles. The smallest absolute Gasteiger partial charge is 0.226 e. The molecule has 2 amide bonds. The Morgan fingerprint density at radius 1 is 1.27 bits per heavy atom. The standard InChI is InChI=1S/C19H25N5O2/c1-13(18-21-14(2)22-23-18)20-19(26)16-8-10-24(11-9-16)17(25)12-15-6-4-3-5-7-15/h3-7,13,16H,8-12H2,1-2H3,(H,20,26)(H,21,22,23)/t13-/m0/s1. The van der Waals surface area contributed by atoms with Gasteiger partial charge in [-0.2, -0.15) is 5.10 Å². The molecule has 7 heteroatoms. The number of aryl methyl sites for hydroxylation is 1. The number of aromatic amines is 1. The number of hydrogen-bond acceptors (Lipinski definition) is 4. The van der Waals surface area contributed by atoms with Gasteiger partial charge in [0, 0.05) is 19.0 Å². The lowest BCUT2D eigenvalue weighted by Gasteiger charge is -2.32. The topological polar surface area (TPSA) is 91.0 Å². The quantitative estimate of drug-likeness (QED) is 0.855. The fourth-order valence-electron chi connectivity index (χ4n) is 3.22. The van der Waals surface area contributed by atoms with E-state index in [1.54, 1.807) is 0 Å². The van der Waals surface area contributed by atoms with Crippen LogP contribution in [0.1, 0.15) is 43.0 Å². The monoisotopic (exact) mass is 355 g/mol. The molecule has 1 aliphatic heterocycles. The summed E-state index contributed by atoms with van der Waals surface area (Å²) in [4.78, 5) is 31.0. The predicted octanol–water partition coefficient (Wildman–Crippen LogP) is 1.77. The second-order valence-electron chi connectivity index (χ2n) is 6.83. The Morgan fingerprint density at radius 3 is 2.58 bits per heavy atom. The maximum atomic E-state index is 12.5. The van der Waals surface area contributed by atoms with Crippen LogP contribution in [0.15, 0.2) is 30.3 Å². The molecule has 0 unspecified atom stereocenters. The summed E-state index contributed by atoms with van der Waals surface area (Å²) in [6.07, 6.45) is 1.79. The van der Waals surface area contributed by atoms with Crippen LogP contribution in [-0.2, 0) is 16.0 Å². The maximum Gasteiger partial charge on any atom is 0.226 e. The zero-order chi connectivity index (χ0) is 18.5. The molecule has 1 aromatic carbocycles. The highest BCUT2D eigenvalue weighted by Gasteiger charge is 2.28. The molecule has 0 radical (unpaired) electrons. The van der Waals surface area contributed by atoms with Crippen LogP contribution in [-0.4, -0.2) is 45.0 Å². The molecule has 2 N–H and O–H groups in total. The van der Waals surface area contributed by atoms with Gasteiger partial charge in [-0.25, -0.2) is 4.98 Å². The summed E-state index contributed by atoms with van der Waals surface area (Å²) in [6, 6.07) is 9.52. The minimum atomic E-state index is -0.231. The molecule has 7 nitrogen and oxygen atoms in total. The van der Waals surface area contributed by atoms with Crippen molar-refractivity contribution in [2.45, 2.75) is 39.2 Å². The number of amides is 2. The molecule has 0 aliphatic carbocycles. The van der Waals surface area contributed by atoms with Gasteiger partial charge in [0.15, 0.2) is 5.82 Å². The second-order valence-corrected chi connectivity index (χ2v) is 6.83. The van der Waals surface area contributed by atoms with Gasteiger partial charge in [-0.05, 0) is 32.3 Å². The number of rotatable bonds is 5. The van der Waals surface area contributed by atoms with Gasteiger partial charge >= 0.3 is 0 Å². The summed E-state index contributed by atoms with van der Waals surface area (Å²) >= 11 is 0. The Morgan fingerprint density at radius 2 is 1.96 bits per heavy atom. The summed E-state index contributed by atoms with van der Waals surface area (Å²) in [7, 11) is 0. The summed E-state index contributed by atoms with van der Waals surface area (Å²) in [5.41, 5.74) is 1.02. The molecule has 2 aromatic rings. The van der Waals surface area contributed by atoms with E-state index in [0.29, 0.717) is 38.2 Å². The largest absolute Gasteiger partial charge is 0.346 e. The van der Waals surface area contributed by atoms with Gasteiger partial charge in [-0.1, -0.05) is 30.3 Å². The van der Waals surface area contributed by atoms with Gasteiger partial charge in [0.1, 0.15) is 5.82 Å². The maximum absolute atomic E-state index is 12.5. The predicted molar refractivity (Wildman–Crippen MR) is 97.1 cm³/mol. The minimum absolute atomic E-state index is 0.00936. The van der Waals surface area contributed by atoms with Crippen LogP contribution >= 0.6 is 0 Å². The lowest BCUT2D eigenvalue weighted by Crippen LogP contribution is -2.44. The number of carbonyl (C=O) groups is 2. The van der Waals surface area contributed by atoms with E-state index >= 15 is 0 Å². The number of carbonyl (C=O) groups excluding carboxylic acids is 2. The van der Waals surface area contributed by atoms with Crippen molar-refractivity contribution in [1.29, 1.82) is 0 Å². The van der Waals surface area contributed by atoms with Crippen molar-refractivity contribution in [2.75, 3.05) is 13.1 Å². The number of benzene rings is 1. The first kappa shape index (κ1) is 18.1. The summed E-state index contributed by atoms with van der Waals surface area (Å²) in [5.74, 6) is 1.38. The van der Waals surface area contributed by atoms with Gasteiger partial charge in [-0.3, -0.25) is 14.7 Å². The molecule has 26 heavy (non-hydrogen) atoms. The summed E-state index contributed by atoms with van der Waals surface area (Å²) in [6.45, 7) is 4.95. The van der Waals surface area contributed by atoms with E-state index in [9.17, 15) is 9.59 Å². The Kier molecular flexibility index (Phi) is 5.65. The molecular formula is C19H25N5O2. The van der Waals surface area contributed by atoms with E-state index in [4.69, 9.17) is 0 Å². The Hall–Kier alpha value is -2.70. The van der Waals surface area contributed by atoms with Crippen molar-refractivity contribution in [3.8, 4) is 0 Å². The molecule has 1 saturated heterocycles. The van der Waals surface area contributed by atoms with Crippen molar-refractivity contribution in [3.63, 3.8) is 0 Å². The van der Waals surface area contributed by atoms with Crippen LogP contribution in [0.4, 0.5) is 0 Å². The first-order valence-corrected chi connectivity index (χ1v) is 9.04. The molecule has 1 aliphatic rings. The Labute approximate surface area is 153 Å². The third-order valence-electron chi connectivity index (χ3n) is 4.78. The lowest BCUT2D eigenvalue weighted by atomic mass is 9.95. The van der Waals surface area contributed by atoms with Crippen LogP contribution in [0.3, 0.4) is 0 Å². The number of hydrogen-bond donors (Lipinski definition) is 2. The van der Waals surface area contributed by atoms with E-state index < -0.39 is 0 Å². The van der Waals surface area contributed by atoms with Crippen LogP contribution < -0.4 is 5.32 Å². The number of H-pyrrole nitrogens is 1. The third-order valence-corrected chi connectivity index (χ3v) is 4.78. The van der Waals surface area contributed by atoms with Crippen molar-refractivity contribution in [3.05, 3.63) is 47.5 Å². The molecule has 0 spiro atoms. The molecule has 3 rings (SSSR count). The van der Waals surface area contributed by atoms with Crippen molar-refractivity contribution in [2.24, 2.45) is 5.92 Å². The van der Waals surface area contributed by atoms with Gasteiger partial charge in [0.25, 0.3) is 0 Å². The van der Waals surface area contributed by atoms with E-state index in [1.165, 1.54) is 0 Å². The number of piperidine rings is 1. The zero-order valence-corrected chi connectivity index (χ0v) is 15.2. The van der Waals surface area contributed by atoms with Gasteiger partial charge in [0.05, 0.1) is 12.5 Å². The third kappa shape index (κ3) is 4.47. The van der Waals surface area contributed by atoms with Crippen molar-refractivity contribution in [1.82, 2.24) is 25.4 Å². The number of nitrogens with one attached hydrogen (secondary N) is 2. The van der Waals surface area contributed by atoms with Gasteiger partial charge < -0.3 is 10.2 Å². The van der Waals surface area contributed by atoms with E-state index in [0.717, 1.165) is 11.4 Å². The minimum Gasteiger partial charge on any atom is -0.346 e. The Bertz CT molecular complexity index is 750. The van der Waals surface area contributed by atoms with Crippen LogP contribution in [0.2, 0.25) is 0 Å². The molecule has 2 heterocycles. The number of aromatic nitrogens is 3. The number of nitrogens with zero attached hydrogens (tertiary/aromatic N) is 3. The van der Waals surface area contributed by atoms with Crippen LogP contribution in [0, 0.1) is 12.8 Å². The van der Waals surface area contributed by atoms with Crippen molar-refractivity contribution >= 4 is 11.8 Å². The van der Waals surface area contributed by atoms with E-state index in [1.807, 2.05) is 49.1 Å². The summed E-state index contributed by atoms with van der Waals surface area (Å²) < 4.78 is 0. The molecule has 1 fully saturated rings. The highest BCUT2D eigenvalue weighted by atomic mass is 16.2. The van der Waals surface area contributed by atoms with E-state index in [-0.39, 0.29) is 23.8 Å². The van der Waals surface area contributed by atoms with Crippen LogP contribution in [0.25, 0.3) is 0 Å². The lowest BCUT2D eigenvalue weighted by molar-refractivity contribution is -0.135. The van der Waals surface area contributed by atoms with Crippen molar-refractivity contribution < 1.29 is 9.59 Å². The average Bonchev–Trinajstić information content (AvgIpc) is 3.09. The SMILES string of the molecule is Cc1nc([C@H](C)NC(=O)C2CCN(C(=O)Cc3ccccc3)CC2)n[nH]1. The molecular weight excluding hydrogens is 330 g/mol.